The second-order valence-electron chi connectivity index (χ2n) is 4.40. The first kappa shape index (κ1) is 15.9. The molecule has 0 heterocycles. The van der Waals surface area contributed by atoms with E-state index in [1.165, 1.54) is 12.1 Å². The van der Waals surface area contributed by atoms with Crippen LogP contribution in [-0.4, -0.2) is 25.4 Å². The van der Waals surface area contributed by atoms with Crippen molar-refractivity contribution in [1.82, 2.24) is 0 Å². The van der Waals surface area contributed by atoms with E-state index < -0.39 is 12.8 Å². The zero-order valence-corrected chi connectivity index (χ0v) is 10.4. The monoisotopic (exact) mass is 279 g/mol. The largest absolute Gasteiger partial charge is 0.411 e. The summed E-state index contributed by atoms with van der Waals surface area (Å²) in [4.78, 5) is 0. The number of hydrogen-bond donors (Lipinski definition) is 1. The Balaban J connectivity index is 2.14. The maximum atomic E-state index is 12.7. The van der Waals surface area contributed by atoms with Gasteiger partial charge in [0.2, 0.25) is 0 Å². The van der Waals surface area contributed by atoms with Crippen LogP contribution in [0.4, 0.5) is 17.6 Å². The Labute approximate surface area is 109 Å². The Morgan fingerprint density at radius 2 is 1.79 bits per heavy atom. The first-order valence-electron chi connectivity index (χ1n) is 6.01. The quantitative estimate of drug-likeness (QED) is 0.615. The SMILES string of the molecule is NC(CCCOCC(F)(F)F)Cc1ccc(F)cc1. The van der Waals surface area contributed by atoms with Crippen molar-refractivity contribution >= 4 is 0 Å². The summed E-state index contributed by atoms with van der Waals surface area (Å²) < 4.78 is 52.5. The third-order valence-corrected chi connectivity index (χ3v) is 2.54. The normalized spacial score (nSPS) is 13.5. The van der Waals surface area contributed by atoms with Crippen molar-refractivity contribution in [1.29, 1.82) is 0 Å². The summed E-state index contributed by atoms with van der Waals surface area (Å²) >= 11 is 0. The highest BCUT2D eigenvalue weighted by Gasteiger charge is 2.27. The summed E-state index contributed by atoms with van der Waals surface area (Å²) in [5.41, 5.74) is 6.75. The van der Waals surface area contributed by atoms with Crippen LogP contribution in [-0.2, 0) is 11.2 Å². The van der Waals surface area contributed by atoms with Crippen LogP contribution in [0, 0.1) is 5.82 Å². The van der Waals surface area contributed by atoms with E-state index in [0.717, 1.165) is 5.56 Å². The summed E-state index contributed by atoms with van der Waals surface area (Å²) in [6.07, 6.45) is -2.68. The second kappa shape index (κ2) is 7.45. The van der Waals surface area contributed by atoms with E-state index in [9.17, 15) is 17.6 Å². The third-order valence-electron chi connectivity index (χ3n) is 2.54. The summed E-state index contributed by atoms with van der Waals surface area (Å²) in [6, 6.07) is 5.84. The molecule has 0 spiro atoms. The van der Waals surface area contributed by atoms with Gasteiger partial charge in [-0.25, -0.2) is 4.39 Å². The van der Waals surface area contributed by atoms with Gasteiger partial charge < -0.3 is 10.5 Å². The van der Waals surface area contributed by atoms with Gasteiger partial charge in [-0.2, -0.15) is 13.2 Å². The maximum absolute atomic E-state index is 12.7. The molecule has 0 saturated carbocycles. The molecule has 19 heavy (non-hydrogen) atoms. The summed E-state index contributed by atoms with van der Waals surface area (Å²) in [7, 11) is 0. The molecular weight excluding hydrogens is 262 g/mol. The van der Waals surface area contributed by atoms with E-state index in [2.05, 4.69) is 4.74 Å². The number of ether oxygens (including phenoxy) is 1. The summed E-state index contributed by atoms with van der Waals surface area (Å²) in [5.74, 6) is -0.308. The molecule has 1 aromatic carbocycles. The van der Waals surface area contributed by atoms with Crippen molar-refractivity contribution in [3.05, 3.63) is 35.6 Å². The Morgan fingerprint density at radius 3 is 2.37 bits per heavy atom. The standard InChI is InChI=1S/C13H17F4NO/c14-11-5-3-10(4-6-11)8-12(18)2-1-7-19-9-13(15,16)17/h3-6,12H,1-2,7-9,18H2. The smallest absolute Gasteiger partial charge is 0.372 e. The Morgan fingerprint density at radius 1 is 1.16 bits per heavy atom. The van der Waals surface area contributed by atoms with E-state index >= 15 is 0 Å². The molecule has 0 radical (unpaired) electrons. The molecule has 1 atom stereocenters. The molecule has 2 N–H and O–H groups in total. The van der Waals surface area contributed by atoms with Gasteiger partial charge in [-0.3, -0.25) is 0 Å². The number of benzene rings is 1. The second-order valence-corrected chi connectivity index (χ2v) is 4.40. The van der Waals surface area contributed by atoms with Gasteiger partial charge in [0.1, 0.15) is 12.4 Å². The molecule has 0 aliphatic carbocycles. The Kier molecular flexibility index (Phi) is 6.24. The van der Waals surface area contributed by atoms with Gasteiger partial charge >= 0.3 is 6.18 Å². The van der Waals surface area contributed by atoms with E-state index in [0.29, 0.717) is 19.3 Å². The van der Waals surface area contributed by atoms with Crippen LogP contribution in [0.3, 0.4) is 0 Å². The predicted molar refractivity (Wildman–Crippen MR) is 64.2 cm³/mol. The minimum atomic E-state index is -4.28. The van der Waals surface area contributed by atoms with Gasteiger partial charge in [0.05, 0.1) is 0 Å². The fraction of sp³-hybridized carbons (Fsp3) is 0.538. The average Bonchev–Trinajstić information content (AvgIpc) is 2.30. The van der Waals surface area contributed by atoms with Gasteiger partial charge in [0, 0.05) is 12.6 Å². The van der Waals surface area contributed by atoms with Crippen molar-refractivity contribution in [2.45, 2.75) is 31.5 Å². The number of nitrogens with two attached hydrogens (primary N) is 1. The molecular formula is C13H17F4NO. The lowest BCUT2D eigenvalue weighted by Gasteiger charge is -2.12. The van der Waals surface area contributed by atoms with Crippen molar-refractivity contribution in [2.24, 2.45) is 5.73 Å². The molecule has 0 bridgehead atoms. The van der Waals surface area contributed by atoms with E-state index in [-0.39, 0.29) is 18.5 Å². The van der Waals surface area contributed by atoms with Crippen molar-refractivity contribution < 1.29 is 22.3 Å². The van der Waals surface area contributed by atoms with Crippen LogP contribution in [0.5, 0.6) is 0 Å². The molecule has 1 rings (SSSR count). The molecule has 0 aromatic heterocycles. The van der Waals surface area contributed by atoms with Crippen molar-refractivity contribution in [3.63, 3.8) is 0 Å². The number of rotatable bonds is 7. The zero-order chi connectivity index (χ0) is 14.3. The highest BCUT2D eigenvalue weighted by atomic mass is 19.4. The van der Waals surface area contributed by atoms with E-state index in [1.807, 2.05) is 0 Å². The first-order valence-corrected chi connectivity index (χ1v) is 6.01. The van der Waals surface area contributed by atoms with Gasteiger partial charge in [-0.1, -0.05) is 12.1 Å². The van der Waals surface area contributed by atoms with Crippen LogP contribution in [0.2, 0.25) is 0 Å². The van der Waals surface area contributed by atoms with Gasteiger partial charge in [0.15, 0.2) is 0 Å². The molecule has 0 aliphatic rings. The molecule has 0 amide bonds. The predicted octanol–water partition coefficient (Wildman–Crippen LogP) is 3.05. The minimum absolute atomic E-state index is 0.0383. The lowest BCUT2D eigenvalue weighted by molar-refractivity contribution is -0.174. The lowest BCUT2D eigenvalue weighted by atomic mass is 10.0. The number of halogens is 4. The molecule has 0 fully saturated rings. The minimum Gasteiger partial charge on any atom is -0.372 e. The topological polar surface area (TPSA) is 35.2 Å². The molecule has 2 nitrogen and oxygen atoms in total. The summed E-state index contributed by atoms with van der Waals surface area (Å²) in [5, 5.41) is 0. The molecule has 1 unspecified atom stereocenters. The Bertz CT molecular complexity index is 364. The molecule has 0 aliphatic heterocycles. The molecule has 108 valence electrons. The van der Waals surface area contributed by atoms with Crippen molar-refractivity contribution in [2.75, 3.05) is 13.2 Å². The van der Waals surface area contributed by atoms with Crippen molar-refractivity contribution in [3.8, 4) is 0 Å². The fourth-order valence-corrected chi connectivity index (χ4v) is 1.66. The first-order chi connectivity index (χ1) is 8.87. The Hall–Kier alpha value is -1.14. The molecule has 1 aromatic rings. The highest BCUT2D eigenvalue weighted by molar-refractivity contribution is 5.16. The van der Waals surface area contributed by atoms with Gasteiger partial charge in [-0.05, 0) is 37.0 Å². The third kappa shape index (κ3) is 7.79. The van der Waals surface area contributed by atoms with E-state index in [4.69, 9.17) is 5.73 Å². The zero-order valence-electron chi connectivity index (χ0n) is 10.4. The summed E-state index contributed by atoms with van der Waals surface area (Å²) in [6.45, 7) is -1.18. The molecule has 6 heteroatoms. The fourth-order valence-electron chi connectivity index (χ4n) is 1.66. The maximum Gasteiger partial charge on any atom is 0.411 e. The average molecular weight is 279 g/mol. The van der Waals surface area contributed by atoms with Crippen LogP contribution in [0.25, 0.3) is 0 Å². The van der Waals surface area contributed by atoms with Crippen LogP contribution in [0.1, 0.15) is 18.4 Å². The van der Waals surface area contributed by atoms with Gasteiger partial charge in [0.25, 0.3) is 0 Å². The van der Waals surface area contributed by atoms with E-state index in [1.54, 1.807) is 12.1 Å². The highest BCUT2D eigenvalue weighted by Crippen LogP contribution is 2.14. The van der Waals surface area contributed by atoms with Crippen LogP contribution < -0.4 is 5.73 Å². The van der Waals surface area contributed by atoms with Gasteiger partial charge in [-0.15, -0.1) is 0 Å². The van der Waals surface area contributed by atoms with Crippen LogP contribution >= 0.6 is 0 Å². The van der Waals surface area contributed by atoms with Crippen LogP contribution in [0.15, 0.2) is 24.3 Å². The number of alkyl halides is 3. The lowest BCUT2D eigenvalue weighted by Crippen LogP contribution is -2.24. The number of hydrogen-bond acceptors (Lipinski definition) is 2. The molecule has 0 saturated heterocycles.